The fourth-order valence-corrected chi connectivity index (χ4v) is 2.51. The molecule has 96 valence electrons. The van der Waals surface area contributed by atoms with Gasteiger partial charge in [0.1, 0.15) is 0 Å². The van der Waals surface area contributed by atoms with Gasteiger partial charge in [0.25, 0.3) is 0 Å². The van der Waals surface area contributed by atoms with Crippen LogP contribution in [0.15, 0.2) is 18.2 Å². The SMILES string of the molecule is Cc1ccc(C)c(CCNS(=O)(=O)CCN)c1. The molecule has 1 aromatic rings. The second-order valence-corrected chi connectivity index (χ2v) is 6.11. The molecule has 0 spiro atoms. The minimum absolute atomic E-state index is 0.0141. The third-order valence-electron chi connectivity index (χ3n) is 2.61. The van der Waals surface area contributed by atoms with Gasteiger partial charge in [-0.15, -0.1) is 0 Å². The van der Waals surface area contributed by atoms with E-state index in [0.29, 0.717) is 13.0 Å². The van der Waals surface area contributed by atoms with E-state index < -0.39 is 10.0 Å². The van der Waals surface area contributed by atoms with Gasteiger partial charge in [0.05, 0.1) is 5.75 Å². The van der Waals surface area contributed by atoms with Crippen molar-refractivity contribution in [1.82, 2.24) is 4.72 Å². The van der Waals surface area contributed by atoms with Gasteiger partial charge in [-0.2, -0.15) is 0 Å². The number of nitrogens with two attached hydrogens (primary N) is 1. The van der Waals surface area contributed by atoms with Crippen LogP contribution in [0.25, 0.3) is 0 Å². The molecule has 0 aromatic heterocycles. The molecule has 0 unspecified atom stereocenters. The molecule has 0 aliphatic rings. The van der Waals surface area contributed by atoms with Crippen LogP contribution in [0.5, 0.6) is 0 Å². The molecule has 1 aromatic carbocycles. The Morgan fingerprint density at radius 1 is 1.29 bits per heavy atom. The maximum Gasteiger partial charge on any atom is 0.212 e. The third-order valence-corrected chi connectivity index (χ3v) is 4.02. The zero-order valence-corrected chi connectivity index (χ0v) is 11.2. The van der Waals surface area contributed by atoms with Crippen LogP contribution < -0.4 is 10.5 Å². The van der Waals surface area contributed by atoms with Gasteiger partial charge >= 0.3 is 0 Å². The standard InChI is InChI=1S/C12H20N2O2S/c1-10-3-4-11(2)12(9-10)5-7-14-17(15,16)8-6-13/h3-4,9,14H,5-8,13H2,1-2H3. The van der Waals surface area contributed by atoms with Gasteiger partial charge in [-0.1, -0.05) is 23.8 Å². The first-order chi connectivity index (χ1) is 7.94. The van der Waals surface area contributed by atoms with Gasteiger partial charge in [-0.3, -0.25) is 0 Å². The molecule has 1 rings (SSSR count). The zero-order valence-electron chi connectivity index (χ0n) is 10.4. The molecule has 0 amide bonds. The van der Waals surface area contributed by atoms with E-state index in [9.17, 15) is 8.42 Å². The van der Waals surface area contributed by atoms with Gasteiger partial charge in [0, 0.05) is 13.1 Å². The molecule has 4 nitrogen and oxygen atoms in total. The molecular formula is C12H20N2O2S. The summed E-state index contributed by atoms with van der Waals surface area (Å²) < 4.78 is 25.3. The van der Waals surface area contributed by atoms with Gasteiger partial charge in [0.2, 0.25) is 10.0 Å². The van der Waals surface area contributed by atoms with E-state index in [1.165, 1.54) is 16.7 Å². The van der Waals surface area contributed by atoms with Crippen molar-refractivity contribution in [2.24, 2.45) is 5.73 Å². The minimum atomic E-state index is -3.20. The Balaban J connectivity index is 2.54. The Morgan fingerprint density at radius 3 is 2.65 bits per heavy atom. The Kier molecular flexibility index (Phi) is 5.11. The average molecular weight is 256 g/mol. The van der Waals surface area contributed by atoms with Gasteiger partial charge in [-0.05, 0) is 31.4 Å². The fourth-order valence-electron chi connectivity index (χ4n) is 1.64. The smallest absolute Gasteiger partial charge is 0.212 e. The molecule has 0 saturated heterocycles. The molecule has 0 bridgehead atoms. The largest absolute Gasteiger partial charge is 0.329 e. The molecule has 0 saturated carbocycles. The van der Waals surface area contributed by atoms with E-state index in [0.717, 1.165) is 0 Å². The summed E-state index contributed by atoms with van der Waals surface area (Å²) in [4.78, 5) is 0. The maximum absolute atomic E-state index is 11.4. The van der Waals surface area contributed by atoms with Gasteiger partial charge in [-0.25, -0.2) is 13.1 Å². The summed E-state index contributed by atoms with van der Waals surface area (Å²) in [5.41, 5.74) is 8.78. The molecule has 5 heteroatoms. The number of rotatable bonds is 6. The van der Waals surface area contributed by atoms with E-state index in [-0.39, 0.29) is 12.3 Å². The molecule has 0 aliphatic carbocycles. The lowest BCUT2D eigenvalue weighted by atomic mass is 10.0. The first-order valence-corrected chi connectivity index (χ1v) is 7.33. The minimum Gasteiger partial charge on any atom is -0.329 e. The van der Waals surface area contributed by atoms with E-state index in [2.05, 4.69) is 22.9 Å². The number of sulfonamides is 1. The van der Waals surface area contributed by atoms with Gasteiger partial charge in [0.15, 0.2) is 0 Å². The van der Waals surface area contributed by atoms with Crippen LogP contribution in [0, 0.1) is 13.8 Å². The molecule has 0 aliphatic heterocycles. The first-order valence-electron chi connectivity index (χ1n) is 5.68. The molecule has 17 heavy (non-hydrogen) atoms. The van der Waals surface area contributed by atoms with Crippen molar-refractivity contribution in [3.63, 3.8) is 0 Å². The lowest BCUT2D eigenvalue weighted by molar-refractivity contribution is 0.581. The van der Waals surface area contributed by atoms with Crippen LogP contribution in [0.4, 0.5) is 0 Å². The zero-order chi connectivity index (χ0) is 12.9. The van der Waals surface area contributed by atoms with Gasteiger partial charge < -0.3 is 5.73 Å². The predicted molar refractivity (Wildman–Crippen MR) is 70.5 cm³/mol. The highest BCUT2D eigenvalue weighted by Gasteiger charge is 2.08. The molecule has 0 fully saturated rings. The van der Waals surface area contributed by atoms with Crippen LogP contribution in [0.3, 0.4) is 0 Å². The highest BCUT2D eigenvalue weighted by molar-refractivity contribution is 7.89. The summed E-state index contributed by atoms with van der Waals surface area (Å²) in [5, 5.41) is 0. The number of nitrogens with one attached hydrogen (secondary N) is 1. The van der Waals surface area contributed by atoms with Crippen LogP contribution in [0.1, 0.15) is 16.7 Å². The van der Waals surface area contributed by atoms with Crippen molar-refractivity contribution in [3.05, 3.63) is 34.9 Å². The highest BCUT2D eigenvalue weighted by atomic mass is 32.2. The fraction of sp³-hybridized carbons (Fsp3) is 0.500. The number of hydrogen-bond acceptors (Lipinski definition) is 3. The molecule has 3 N–H and O–H groups in total. The Morgan fingerprint density at radius 2 is 2.00 bits per heavy atom. The van der Waals surface area contributed by atoms with Crippen molar-refractivity contribution >= 4 is 10.0 Å². The van der Waals surface area contributed by atoms with E-state index >= 15 is 0 Å². The van der Waals surface area contributed by atoms with Crippen molar-refractivity contribution in [2.75, 3.05) is 18.8 Å². The number of aryl methyl sites for hydroxylation is 2. The third kappa shape index (κ3) is 4.85. The summed E-state index contributed by atoms with van der Waals surface area (Å²) in [7, 11) is -3.20. The highest BCUT2D eigenvalue weighted by Crippen LogP contribution is 2.10. The van der Waals surface area contributed by atoms with E-state index in [1.54, 1.807) is 0 Å². The maximum atomic E-state index is 11.4. The molecular weight excluding hydrogens is 236 g/mol. The first kappa shape index (κ1) is 14.2. The molecule has 0 heterocycles. The molecule has 0 radical (unpaired) electrons. The second-order valence-electron chi connectivity index (χ2n) is 4.18. The van der Waals surface area contributed by atoms with E-state index in [1.807, 2.05) is 13.8 Å². The van der Waals surface area contributed by atoms with Crippen molar-refractivity contribution in [2.45, 2.75) is 20.3 Å². The normalized spacial score (nSPS) is 11.7. The van der Waals surface area contributed by atoms with Crippen LogP contribution in [-0.2, 0) is 16.4 Å². The summed E-state index contributed by atoms with van der Waals surface area (Å²) in [6.07, 6.45) is 0.706. The van der Waals surface area contributed by atoms with Crippen molar-refractivity contribution in [1.29, 1.82) is 0 Å². The number of benzene rings is 1. The Hall–Kier alpha value is -0.910. The van der Waals surface area contributed by atoms with Crippen LogP contribution in [0.2, 0.25) is 0 Å². The summed E-state index contributed by atoms with van der Waals surface area (Å²) in [5.74, 6) is -0.0141. The van der Waals surface area contributed by atoms with Crippen LogP contribution >= 0.6 is 0 Å². The summed E-state index contributed by atoms with van der Waals surface area (Å²) in [6.45, 7) is 4.64. The second kappa shape index (κ2) is 6.14. The summed E-state index contributed by atoms with van der Waals surface area (Å²) >= 11 is 0. The lowest BCUT2D eigenvalue weighted by Gasteiger charge is -2.08. The van der Waals surface area contributed by atoms with Crippen LogP contribution in [-0.4, -0.2) is 27.3 Å². The molecule has 0 atom stereocenters. The van der Waals surface area contributed by atoms with Crippen molar-refractivity contribution in [3.8, 4) is 0 Å². The average Bonchev–Trinajstić information content (AvgIpc) is 2.23. The van der Waals surface area contributed by atoms with E-state index in [4.69, 9.17) is 5.73 Å². The quantitative estimate of drug-likeness (QED) is 0.788. The number of hydrogen-bond donors (Lipinski definition) is 2. The topological polar surface area (TPSA) is 72.2 Å². The monoisotopic (exact) mass is 256 g/mol. The Bertz CT molecular complexity index is 469. The summed E-state index contributed by atoms with van der Waals surface area (Å²) in [6, 6.07) is 6.20. The predicted octanol–water partition coefficient (Wildman–Crippen LogP) is 0.724. The van der Waals surface area contributed by atoms with Crippen molar-refractivity contribution < 1.29 is 8.42 Å². The Labute approximate surface area is 103 Å². The lowest BCUT2D eigenvalue weighted by Crippen LogP contribution is -2.31.